The molecule has 0 saturated carbocycles. The SMILES string of the molecule is N#Cc1ccc(On2cccn2)cc1C#N. The van der Waals surface area contributed by atoms with Gasteiger partial charge in [-0.25, -0.2) is 0 Å². The van der Waals surface area contributed by atoms with Gasteiger partial charge in [0.2, 0.25) is 0 Å². The Labute approximate surface area is 91.7 Å². The van der Waals surface area contributed by atoms with Crippen LogP contribution in [0.25, 0.3) is 0 Å². The van der Waals surface area contributed by atoms with Crippen molar-refractivity contribution in [3.63, 3.8) is 0 Å². The normalized spacial score (nSPS) is 9.12. The number of benzene rings is 1. The number of rotatable bonds is 2. The average Bonchev–Trinajstić information content (AvgIpc) is 2.81. The van der Waals surface area contributed by atoms with Crippen molar-refractivity contribution in [1.29, 1.82) is 10.5 Å². The minimum absolute atomic E-state index is 0.284. The minimum Gasteiger partial charge on any atom is -0.358 e. The van der Waals surface area contributed by atoms with Gasteiger partial charge < -0.3 is 4.84 Å². The van der Waals surface area contributed by atoms with Crippen LogP contribution >= 0.6 is 0 Å². The van der Waals surface area contributed by atoms with Gasteiger partial charge in [-0.1, -0.05) is 0 Å². The van der Waals surface area contributed by atoms with Gasteiger partial charge in [0.15, 0.2) is 5.75 Å². The fourth-order valence-electron chi connectivity index (χ4n) is 1.19. The van der Waals surface area contributed by atoms with E-state index in [-0.39, 0.29) is 5.56 Å². The molecule has 0 fully saturated rings. The smallest absolute Gasteiger partial charge is 0.159 e. The zero-order valence-electron chi connectivity index (χ0n) is 8.16. The van der Waals surface area contributed by atoms with Gasteiger partial charge in [-0.15, -0.1) is 9.94 Å². The zero-order chi connectivity index (χ0) is 11.4. The van der Waals surface area contributed by atoms with Crippen molar-refractivity contribution < 1.29 is 4.84 Å². The first-order valence-electron chi connectivity index (χ1n) is 4.46. The maximum absolute atomic E-state index is 8.82. The third-order valence-corrected chi connectivity index (χ3v) is 1.91. The molecule has 0 unspecified atom stereocenters. The summed E-state index contributed by atoms with van der Waals surface area (Å²) in [7, 11) is 0. The topological polar surface area (TPSA) is 74.6 Å². The molecule has 1 aromatic carbocycles. The van der Waals surface area contributed by atoms with E-state index >= 15 is 0 Å². The molecule has 0 aliphatic carbocycles. The van der Waals surface area contributed by atoms with Crippen LogP contribution < -0.4 is 4.84 Å². The first-order chi connectivity index (χ1) is 7.83. The second kappa shape index (κ2) is 4.16. The lowest BCUT2D eigenvalue weighted by molar-refractivity contribution is 0.179. The molecule has 1 heterocycles. The van der Waals surface area contributed by atoms with Crippen molar-refractivity contribution >= 4 is 0 Å². The molecule has 16 heavy (non-hydrogen) atoms. The van der Waals surface area contributed by atoms with Crippen LogP contribution in [0.2, 0.25) is 0 Å². The first-order valence-corrected chi connectivity index (χ1v) is 4.46. The highest BCUT2D eigenvalue weighted by atomic mass is 16.7. The summed E-state index contributed by atoms with van der Waals surface area (Å²) < 4.78 is 0. The summed E-state index contributed by atoms with van der Waals surface area (Å²) in [6, 6.07) is 10.2. The van der Waals surface area contributed by atoms with Gasteiger partial charge in [-0.2, -0.15) is 10.5 Å². The van der Waals surface area contributed by atoms with Gasteiger partial charge >= 0.3 is 0 Å². The van der Waals surface area contributed by atoms with Crippen LogP contribution in [0.4, 0.5) is 0 Å². The molecule has 1 aromatic heterocycles. The van der Waals surface area contributed by atoms with Crippen LogP contribution in [-0.4, -0.2) is 9.94 Å². The molecule has 0 N–H and O–H groups in total. The van der Waals surface area contributed by atoms with E-state index in [1.165, 1.54) is 17.0 Å². The van der Waals surface area contributed by atoms with Crippen LogP contribution in [0.15, 0.2) is 36.7 Å². The van der Waals surface area contributed by atoms with Crippen LogP contribution in [0.3, 0.4) is 0 Å². The van der Waals surface area contributed by atoms with Gasteiger partial charge in [-0.3, -0.25) is 0 Å². The lowest BCUT2D eigenvalue weighted by Gasteiger charge is -2.04. The molecule has 2 rings (SSSR count). The van der Waals surface area contributed by atoms with Crippen molar-refractivity contribution in [2.75, 3.05) is 0 Å². The van der Waals surface area contributed by atoms with E-state index in [1.807, 2.05) is 12.1 Å². The number of hydrogen-bond donors (Lipinski definition) is 0. The summed E-state index contributed by atoms with van der Waals surface area (Å²) in [5.41, 5.74) is 0.613. The largest absolute Gasteiger partial charge is 0.358 e. The molecule has 5 heteroatoms. The monoisotopic (exact) mass is 210 g/mol. The molecule has 0 aliphatic rings. The lowest BCUT2D eigenvalue weighted by Crippen LogP contribution is -2.05. The molecule has 0 amide bonds. The van der Waals surface area contributed by atoms with Crippen LogP contribution in [0.5, 0.6) is 5.75 Å². The number of hydrogen-bond acceptors (Lipinski definition) is 4. The minimum atomic E-state index is 0.284. The Bertz CT molecular complexity index is 575. The Morgan fingerprint density at radius 3 is 2.62 bits per heavy atom. The Morgan fingerprint density at radius 2 is 2.00 bits per heavy atom. The van der Waals surface area contributed by atoms with Crippen molar-refractivity contribution in [3.8, 4) is 17.9 Å². The molecule has 5 nitrogen and oxygen atoms in total. The molecule has 0 spiro atoms. The molecular weight excluding hydrogens is 204 g/mol. The van der Waals surface area contributed by atoms with Gasteiger partial charge in [0.25, 0.3) is 0 Å². The highest BCUT2D eigenvalue weighted by Gasteiger charge is 2.04. The van der Waals surface area contributed by atoms with Crippen molar-refractivity contribution in [2.24, 2.45) is 0 Å². The predicted molar refractivity (Wildman–Crippen MR) is 54.1 cm³/mol. The Kier molecular flexibility index (Phi) is 2.53. The van der Waals surface area contributed by atoms with Crippen molar-refractivity contribution in [2.45, 2.75) is 0 Å². The van der Waals surface area contributed by atoms with E-state index in [1.54, 1.807) is 24.5 Å². The Balaban J connectivity index is 2.31. The van der Waals surface area contributed by atoms with Crippen LogP contribution in [-0.2, 0) is 0 Å². The number of nitriles is 2. The van der Waals surface area contributed by atoms with Crippen LogP contribution in [0, 0.1) is 22.7 Å². The highest BCUT2D eigenvalue weighted by Crippen LogP contribution is 2.16. The molecule has 2 aromatic rings. The molecule has 0 aliphatic heterocycles. The third-order valence-electron chi connectivity index (χ3n) is 1.91. The Hall–Kier alpha value is -2.79. The molecular formula is C11H6N4O. The second-order valence-electron chi connectivity index (χ2n) is 2.93. The van der Waals surface area contributed by atoms with Crippen molar-refractivity contribution in [3.05, 3.63) is 47.8 Å². The lowest BCUT2D eigenvalue weighted by atomic mass is 10.1. The Morgan fingerprint density at radius 1 is 1.19 bits per heavy atom. The van der Waals surface area contributed by atoms with Crippen molar-refractivity contribution in [1.82, 2.24) is 9.94 Å². The summed E-state index contributed by atoms with van der Waals surface area (Å²) in [5.74, 6) is 0.458. The maximum atomic E-state index is 8.82. The average molecular weight is 210 g/mol. The van der Waals surface area contributed by atoms with E-state index < -0.39 is 0 Å². The maximum Gasteiger partial charge on any atom is 0.159 e. The van der Waals surface area contributed by atoms with Gasteiger partial charge in [0.1, 0.15) is 12.1 Å². The summed E-state index contributed by atoms with van der Waals surface area (Å²) in [6.07, 6.45) is 3.21. The molecule has 0 saturated heterocycles. The summed E-state index contributed by atoms with van der Waals surface area (Å²) in [5, 5.41) is 21.4. The molecule has 0 bridgehead atoms. The molecule has 0 atom stereocenters. The van der Waals surface area contributed by atoms with E-state index in [2.05, 4.69) is 5.10 Å². The standard InChI is InChI=1S/C11H6N4O/c12-7-9-2-3-11(6-10(9)8-13)16-15-5-1-4-14-15/h1-6H. The summed E-state index contributed by atoms with van der Waals surface area (Å²) in [6.45, 7) is 0. The predicted octanol–water partition coefficient (Wildman–Crippen LogP) is 1.47. The summed E-state index contributed by atoms with van der Waals surface area (Å²) in [4.78, 5) is 6.57. The van der Waals surface area contributed by atoms with E-state index in [0.717, 1.165) is 0 Å². The van der Waals surface area contributed by atoms with E-state index in [0.29, 0.717) is 11.3 Å². The van der Waals surface area contributed by atoms with E-state index in [9.17, 15) is 0 Å². The van der Waals surface area contributed by atoms with E-state index in [4.69, 9.17) is 15.4 Å². The van der Waals surface area contributed by atoms with Gasteiger partial charge in [0, 0.05) is 6.07 Å². The molecule has 76 valence electrons. The fourth-order valence-corrected chi connectivity index (χ4v) is 1.19. The van der Waals surface area contributed by atoms with Gasteiger partial charge in [-0.05, 0) is 18.2 Å². The highest BCUT2D eigenvalue weighted by molar-refractivity contribution is 5.49. The van der Waals surface area contributed by atoms with Crippen LogP contribution in [0.1, 0.15) is 11.1 Å². The quantitative estimate of drug-likeness (QED) is 0.752. The first kappa shape index (κ1) is 9.75. The van der Waals surface area contributed by atoms with Gasteiger partial charge in [0.05, 0.1) is 23.5 Å². The third kappa shape index (κ3) is 1.84. The second-order valence-corrected chi connectivity index (χ2v) is 2.93. The summed E-state index contributed by atoms with van der Waals surface area (Å²) >= 11 is 0. The number of aromatic nitrogens is 2. The zero-order valence-corrected chi connectivity index (χ0v) is 8.16. The fraction of sp³-hybridized carbons (Fsp3) is 0. The molecule has 0 radical (unpaired) electrons. The number of nitrogens with zero attached hydrogens (tertiary/aromatic N) is 4.